The predicted molar refractivity (Wildman–Crippen MR) is 77.5 cm³/mol. The van der Waals surface area contributed by atoms with E-state index in [1.165, 1.54) is 19.3 Å². The molecule has 0 radical (unpaired) electrons. The molecule has 0 aromatic carbocycles. The van der Waals surface area contributed by atoms with Crippen LogP contribution >= 0.6 is 0 Å². The predicted octanol–water partition coefficient (Wildman–Crippen LogP) is 2.48. The standard InChI is InChI=1S/C18H24O3/c1-17-8-6-11-10(12(17)3-5-15(17)20)7-9-18-13(11)2-4-14(19)16(18)21-18/h2,4,10-13,15-16,20H,3,5-9H2,1H3. The first-order valence-electron chi connectivity index (χ1n) is 8.64. The van der Waals surface area contributed by atoms with Crippen molar-refractivity contribution >= 4 is 5.78 Å². The summed E-state index contributed by atoms with van der Waals surface area (Å²) < 4.78 is 5.93. The van der Waals surface area contributed by atoms with Crippen molar-refractivity contribution in [3.63, 3.8) is 0 Å². The number of rotatable bonds is 0. The van der Waals surface area contributed by atoms with Gasteiger partial charge in [0.25, 0.3) is 0 Å². The molecule has 1 saturated heterocycles. The molecular weight excluding hydrogens is 264 g/mol. The Morgan fingerprint density at radius 3 is 2.86 bits per heavy atom. The lowest BCUT2D eigenvalue weighted by molar-refractivity contribution is -0.116. The molecule has 0 aromatic heterocycles. The summed E-state index contributed by atoms with van der Waals surface area (Å²) in [7, 11) is 0. The second-order valence-corrected chi connectivity index (χ2v) is 8.35. The molecule has 3 heteroatoms. The van der Waals surface area contributed by atoms with Gasteiger partial charge in [-0.05, 0) is 67.8 Å². The Bertz CT molecular complexity index is 541. The Kier molecular flexibility index (Phi) is 2.32. The maximum Gasteiger partial charge on any atom is 0.187 e. The molecule has 1 N–H and O–H groups in total. The highest BCUT2D eigenvalue weighted by Crippen LogP contribution is 2.66. The number of aliphatic hydroxyl groups excluding tert-OH is 1. The number of hydrogen-bond acceptors (Lipinski definition) is 3. The highest BCUT2D eigenvalue weighted by molar-refractivity contribution is 5.98. The minimum Gasteiger partial charge on any atom is -0.393 e. The van der Waals surface area contributed by atoms with Gasteiger partial charge in [-0.1, -0.05) is 13.0 Å². The molecular formula is C18H24O3. The monoisotopic (exact) mass is 288 g/mol. The quantitative estimate of drug-likeness (QED) is 0.697. The fourth-order valence-electron chi connectivity index (χ4n) is 6.59. The van der Waals surface area contributed by atoms with E-state index in [1.807, 2.05) is 0 Å². The average Bonchev–Trinajstić information content (AvgIpc) is 3.13. The zero-order valence-electron chi connectivity index (χ0n) is 12.6. The van der Waals surface area contributed by atoms with Crippen LogP contribution in [0.3, 0.4) is 0 Å². The number of aliphatic hydroxyl groups is 1. The summed E-state index contributed by atoms with van der Waals surface area (Å²) in [5.41, 5.74) is 0.0155. The summed E-state index contributed by atoms with van der Waals surface area (Å²) in [6.07, 6.45) is 10.4. The van der Waals surface area contributed by atoms with Gasteiger partial charge in [0.05, 0.1) is 6.10 Å². The number of hydrogen-bond donors (Lipinski definition) is 1. The zero-order chi connectivity index (χ0) is 14.4. The molecule has 0 amide bonds. The molecule has 3 nitrogen and oxygen atoms in total. The molecule has 0 bridgehead atoms. The average molecular weight is 288 g/mol. The topological polar surface area (TPSA) is 49.8 Å². The Morgan fingerprint density at radius 2 is 2.00 bits per heavy atom. The van der Waals surface area contributed by atoms with Crippen molar-refractivity contribution in [3.8, 4) is 0 Å². The number of fused-ring (bicyclic) bond motifs is 4. The van der Waals surface area contributed by atoms with Crippen molar-refractivity contribution in [1.29, 1.82) is 0 Å². The Labute approximate surface area is 125 Å². The van der Waals surface area contributed by atoms with Crippen molar-refractivity contribution in [2.45, 2.75) is 63.3 Å². The van der Waals surface area contributed by atoms with Crippen LogP contribution in [0.5, 0.6) is 0 Å². The van der Waals surface area contributed by atoms with Crippen molar-refractivity contribution in [1.82, 2.24) is 0 Å². The van der Waals surface area contributed by atoms with Crippen molar-refractivity contribution < 1.29 is 14.6 Å². The minimum atomic E-state index is -0.129. The molecule has 5 rings (SSSR count). The van der Waals surface area contributed by atoms with Crippen LogP contribution in [0.2, 0.25) is 0 Å². The van der Waals surface area contributed by atoms with Gasteiger partial charge >= 0.3 is 0 Å². The van der Waals surface area contributed by atoms with E-state index in [0.29, 0.717) is 17.8 Å². The lowest BCUT2D eigenvalue weighted by atomic mass is 9.51. The summed E-state index contributed by atoms with van der Waals surface area (Å²) >= 11 is 0. The normalized spacial score (nSPS) is 60.8. The lowest BCUT2D eigenvalue weighted by Gasteiger charge is -2.53. The summed E-state index contributed by atoms with van der Waals surface area (Å²) in [6, 6.07) is 0. The molecule has 0 aromatic rings. The first-order valence-corrected chi connectivity index (χ1v) is 8.64. The third kappa shape index (κ3) is 1.40. The van der Waals surface area contributed by atoms with Gasteiger partial charge in [0.15, 0.2) is 11.9 Å². The molecule has 1 aliphatic heterocycles. The molecule has 8 unspecified atom stereocenters. The van der Waals surface area contributed by atoms with Gasteiger partial charge < -0.3 is 9.84 Å². The van der Waals surface area contributed by atoms with Crippen molar-refractivity contribution in [2.24, 2.45) is 29.1 Å². The van der Waals surface area contributed by atoms with E-state index in [9.17, 15) is 9.90 Å². The lowest BCUT2D eigenvalue weighted by Crippen LogP contribution is -2.51. The smallest absolute Gasteiger partial charge is 0.187 e. The summed E-state index contributed by atoms with van der Waals surface area (Å²) in [4.78, 5) is 11.9. The summed E-state index contributed by atoms with van der Waals surface area (Å²) in [5.74, 6) is 2.69. The van der Waals surface area contributed by atoms with E-state index in [2.05, 4.69) is 13.0 Å². The summed E-state index contributed by atoms with van der Waals surface area (Å²) in [6.45, 7) is 2.31. The van der Waals surface area contributed by atoms with Gasteiger partial charge in [-0.2, -0.15) is 0 Å². The second kappa shape index (κ2) is 3.80. The Hall–Kier alpha value is -0.670. The molecule has 8 atom stereocenters. The second-order valence-electron chi connectivity index (χ2n) is 8.35. The Morgan fingerprint density at radius 1 is 1.19 bits per heavy atom. The maximum absolute atomic E-state index is 11.9. The van der Waals surface area contributed by atoms with E-state index in [1.54, 1.807) is 6.08 Å². The number of ether oxygens (including phenoxy) is 1. The molecule has 4 fully saturated rings. The first kappa shape index (κ1) is 12.8. The van der Waals surface area contributed by atoms with Crippen LogP contribution in [0.15, 0.2) is 12.2 Å². The van der Waals surface area contributed by atoms with Gasteiger partial charge in [0.2, 0.25) is 0 Å². The van der Waals surface area contributed by atoms with Crippen LogP contribution in [0.4, 0.5) is 0 Å². The maximum atomic E-state index is 11.9. The van der Waals surface area contributed by atoms with E-state index in [-0.39, 0.29) is 29.0 Å². The van der Waals surface area contributed by atoms with Gasteiger partial charge in [0.1, 0.15) is 5.60 Å². The van der Waals surface area contributed by atoms with Gasteiger partial charge in [0, 0.05) is 5.92 Å². The molecule has 5 aliphatic rings. The van der Waals surface area contributed by atoms with Crippen LogP contribution in [-0.4, -0.2) is 28.7 Å². The largest absolute Gasteiger partial charge is 0.393 e. The summed E-state index contributed by atoms with van der Waals surface area (Å²) in [5, 5.41) is 10.4. The van der Waals surface area contributed by atoms with Crippen molar-refractivity contribution in [3.05, 3.63) is 12.2 Å². The Balaban J connectivity index is 1.50. The number of carbonyl (C=O) groups is 1. The zero-order valence-corrected chi connectivity index (χ0v) is 12.6. The van der Waals surface area contributed by atoms with Crippen LogP contribution in [-0.2, 0) is 9.53 Å². The van der Waals surface area contributed by atoms with Gasteiger partial charge in [-0.3, -0.25) is 4.79 Å². The van der Waals surface area contributed by atoms with E-state index in [4.69, 9.17) is 4.74 Å². The highest BCUT2D eigenvalue weighted by atomic mass is 16.6. The molecule has 3 saturated carbocycles. The van der Waals surface area contributed by atoms with Crippen LogP contribution in [0.1, 0.15) is 45.4 Å². The number of epoxide rings is 1. The first-order chi connectivity index (χ1) is 10.1. The van der Waals surface area contributed by atoms with Crippen LogP contribution in [0, 0.1) is 29.1 Å². The fourth-order valence-corrected chi connectivity index (χ4v) is 6.59. The minimum absolute atomic E-state index is 0.104. The number of ketones is 1. The van der Waals surface area contributed by atoms with Crippen LogP contribution < -0.4 is 0 Å². The molecule has 21 heavy (non-hydrogen) atoms. The third-order valence-corrected chi connectivity index (χ3v) is 7.79. The fraction of sp³-hybridized carbons (Fsp3) is 0.833. The van der Waals surface area contributed by atoms with Gasteiger partial charge in [-0.15, -0.1) is 0 Å². The number of carbonyl (C=O) groups excluding carboxylic acids is 1. The molecule has 4 aliphatic carbocycles. The molecule has 1 heterocycles. The van der Waals surface area contributed by atoms with E-state index >= 15 is 0 Å². The SMILES string of the molecule is CC12CCC3C(CCC45OC4C(=O)C=CC35)C1CCC2O. The highest BCUT2D eigenvalue weighted by Gasteiger charge is 2.70. The van der Waals surface area contributed by atoms with Crippen molar-refractivity contribution in [2.75, 3.05) is 0 Å². The third-order valence-electron chi connectivity index (χ3n) is 7.79. The van der Waals surface area contributed by atoms with E-state index < -0.39 is 0 Å². The molecule has 1 spiro atoms. The van der Waals surface area contributed by atoms with Crippen LogP contribution in [0.25, 0.3) is 0 Å². The van der Waals surface area contributed by atoms with Gasteiger partial charge in [-0.25, -0.2) is 0 Å². The van der Waals surface area contributed by atoms with E-state index in [0.717, 1.165) is 25.2 Å². The molecule has 114 valence electrons.